The molecular formula is C34H43N3O3. The predicted octanol–water partition coefficient (Wildman–Crippen LogP) is 5.54. The van der Waals surface area contributed by atoms with Gasteiger partial charge in [-0.25, -0.2) is 4.99 Å². The molecule has 2 bridgehead atoms. The van der Waals surface area contributed by atoms with Gasteiger partial charge >= 0.3 is 0 Å². The van der Waals surface area contributed by atoms with Crippen molar-refractivity contribution < 1.29 is 14.3 Å². The van der Waals surface area contributed by atoms with Crippen LogP contribution in [0.3, 0.4) is 0 Å². The molecule has 2 aromatic rings. The fourth-order valence-electron chi connectivity index (χ4n) is 8.04. The molecule has 1 N–H and O–H groups in total. The van der Waals surface area contributed by atoms with Crippen molar-refractivity contribution in [1.82, 2.24) is 10.2 Å². The van der Waals surface area contributed by atoms with Gasteiger partial charge in [0.05, 0.1) is 24.6 Å². The molecular weight excluding hydrogens is 498 g/mol. The van der Waals surface area contributed by atoms with Crippen LogP contribution in [-0.4, -0.2) is 68.1 Å². The number of hydrogen-bond donors (Lipinski definition) is 1. The summed E-state index contributed by atoms with van der Waals surface area (Å²) in [6.45, 7) is 6.12. The third-order valence-electron chi connectivity index (χ3n) is 10.4. The first-order valence-corrected chi connectivity index (χ1v) is 15.7. The Kier molecular flexibility index (Phi) is 7.50. The van der Waals surface area contributed by atoms with Gasteiger partial charge in [-0.2, -0.15) is 0 Å². The third-order valence-corrected chi connectivity index (χ3v) is 10.4. The molecule has 2 aliphatic carbocycles. The van der Waals surface area contributed by atoms with Gasteiger partial charge in [-0.05, 0) is 80.0 Å². The van der Waals surface area contributed by atoms with E-state index >= 15 is 0 Å². The number of amides is 1. The molecule has 0 radical (unpaired) electrons. The number of hydrogen-bond acceptors (Lipinski definition) is 5. The summed E-state index contributed by atoms with van der Waals surface area (Å²) in [7, 11) is 0. The van der Waals surface area contributed by atoms with Gasteiger partial charge in [-0.15, -0.1) is 0 Å². The van der Waals surface area contributed by atoms with Crippen LogP contribution in [0.4, 0.5) is 5.69 Å². The molecule has 0 spiro atoms. The number of nitrogens with zero attached hydrogens (tertiary/aromatic N) is 2. The number of fused-ring (bicyclic) bond motifs is 5. The highest BCUT2D eigenvalue weighted by Gasteiger charge is 2.39. The van der Waals surface area contributed by atoms with Crippen molar-refractivity contribution in [2.45, 2.75) is 63.3 Å². The Morgan fingerprint density at radius 2 is 1.80 bits per heavy atom. The van der Waals surface area contributed by atoms with Crippen molar-refractivity contribution in [2.24, 2.45) is 22.7 Å². The molecule has 8 rings (SSSR count). The lowest BCUT2D eigenvalue weighted by molar-refractivity contribution is -0.0361. The first kappa shape index (κ1) is 26.4. The monoisotopic (exact) mass is 541 g/mol. The lowest BCUT2D eigenvalue weighted by Crippen LogP contribution is -2.59. The number of nitrogens with one attached hydrogen (secondary N) is 1. The van der Waals surface area contributed by atoms with E-state index in [-0.39, 0.29) is 11.4 Å². The number of rotatable bonds is 7. The van der Waals surface area contributed by atoms with Gasteiger partial charge in [-0.1, -0.05) is 43.5 Å². The molecule has 2 saturated carbocycles. The molecule has 40 heavy (non-hydrogen) atoms. The standard InChI is InChI=1S/C34H43N3O3/c38-33(35-23-34(12-2-1-3-13-34)37-14-16-39-17-15-37)27-10-11-31-30(20-27)32(36-31)26-7-4-24(5-8-26)18-29-19-25-6-9-28(29)22-40-21-25/h4-5,7-8,10-11,20,25,28-29H,1-3,6,9,12-19,21-23H2,(H,35,38). The molecule has 1 amide bonds. The average molecular weight is 542 g/mol. The van der Waals surface area contributed by atoms with Crippen molar-refractivity contribution in [2.75, 3.05) is 46.1 Å². The molecule has 3 unspecified atom stereocenters. The van der Waals surface area contributed by atoms with Crippen LogP contribution in [0.1, 0.15) is 78.4 Å². The molecule has 6 aliphatic rings. The summed E-state index contributed by atoms with van der Waals surface area (Å²) in [4.78, 5) is 20.7. The van der Waals surface area contributed by atoms with E-state index in [1.165, 1.54) is 44.1 Å². The van der Waals surface area contributed by atoms with Gasteiger partial charge in [0.2, 0.25) is 0 Å². The van der Waals surface area contributed by atoms with Crippen LogP contribution in [0.25, 0.3) is 0 Å². The van der Waals surface area contributed by atoms with Crippen LogP contribution in [0, 0.1) is 17.8 Å². The van der Waals surface area contributed by atoms with Gasteiger partial charge in [0.15, 0.2) is 0 Å². The van der Waals surface area contributed by atoms with E-state index in [0.29, 0.717) is 12.5 Å². The molecule has 0 aromatic heterocycles. The van der Waals surface area contributed by atoms with Crippen molar-refractivity contribution in [1.29, 1.82) is 0 Å². The normalized spacial score (nSPS) is 27.7. The Hall–Kier alpha value is -2.54. The minimum Gasteiger partial charge on any atom is -0.381 e. The second-order valence-corrected chi connectivity index (χ2v) is 12.9. The van der Waals surface area contributed by atoms with Crippen LogP contribution in [0.5, 0.6) is 0 Å². The van der Waals surface area contributed by atoms with Gasteiger partial charge in [0, 0.05) is 55.1 Å². The summed E-state index contributed by atoms with van der Waals surface area (Å²) in [5.74, 6) is 2.23. The van der Waals surface area contributed by atoms with Crippen LogP contribution >= 0.6 is 0 Å². The second-order valence-electron chi connectivity index (χ2n) is 12.9. The zero-order valence-electron chi connectivity index (χ0n) is 23.7. The van der Waals surface area contributed by atoms with Crippen LogP contribution < -0.4 is 5.32 Å². The minimum atomic E-state index is 0.0179. The molecule has 4 aliphatic heterocycles. The lowest BCUT2D eigenvalue weighted by Gasteiger charge is -2.48. The second kappa shape index (κ2) is 11.4. The highest BCUT2D eigenvalue weighted by Crippen LogP contribution is 2.40. The molecule has 5 fully saturated rings. The molecule has 6 heteroatoms. The topological polar surface area (TPSA) is 63.2 Å². The number of carbonyl (C=O) groups excluding carboxylic acids is 1. The maximum atomic E-state index is 13.4. The Balaban J connectivity index is 0.999. The Morgan fingerprint density at radius 1 is 0.975 bits per heavy atom. The fourth-order valence-corrected chi connectivity index (χ4v) is 8.04. The predicted molar refractivity (Wildman–Crippen MR) is 158 cm³/mol. The summed E-state index contributed by atoms with van der Waals surface area (Å²) < 4.78 is 11.5. The molecule has 4 heterocycles. The molecule has 3 atom stereocenters. The van der Waals surface area contributed by atoms with E-state index in [2.05, 4.69) is 34.5 Å². The first-order chi connectivity index (χ1) is 19.7. The van der Waals surface area contributed by atoms with Crippen LogP contribution in [0.15, 0.2) is 47.5 Å². The van der Waals surface area contributed by atoms with Gasteiger partial charge in [0.1, 0.15) is 0 Å². The lowest BCUT2D eigenvalue weighted by atomic mass is 9.73. The van der Waals surface area contributed by atoms with E-state index in [1.807, 2.05) is 18.2 Å². The summed E-state index contributed by atoms with van der Waals surface area (Å²) in [5.41, 5.74) is 6.38. The number of benzene rings is 2. The summed E-state index contributed by atoms with van der Waals surface area (Å²) >= 11 is 0. The largest absolute Gasteiger partial charge is 0.381 e. The number of ether oxygens (including phenoxy) is 2. The quantitative estimate of drug-likeness (QED) is 0.427. The SMILES string of the molecule is O=C(NCC1(N2CCOCC2)CCCCC1)c1ccc2c(c1)C(c1ccc(CC3CC4CCC3COC4)cc1)=N2. The number of aliphatic imine (C=N–C) groups is 1. The Bertz CT molecular complexity index is 1240. The fraction of sp³-hybridized carbons (Fsp3) is 0.588. The molecule has 212 valence electrons. The zero-order chi connectivity index (χ0) is 26.9. The zero-order valence-corrected chi connectivity index (χ0v) is 23.7. The van der Waals surface area contributed by atoms with Gasteiger partial charge < -0.3 is 14.8 Å². The summed E-state index contributed by atoms with van der Waals surface area (Å²) in [5, 5.41) is 3.32. The maximum absolute atomic E-state index is 13.4. The van der Waals surface area contributed by atoms with E-state index in [0.717, 1.165) is 98.7 Å². The molecule has 2 aromatic carbocycles. The summed E-state index contributed by atoms with van der Waals surface area (Å²) in [6, 6.07) is 14.9. The van der Waals surface area contributed by atoms with Crippen LogP contribution in [0.2, 0.25) is 0 Å². The van der Waals surface area contributed by atoms with Gasteiger partial charge in [-0.3, -0.25) is 9.69 Å². The van der Waals surface area contributed by atoms with Gasteiger partial charge in [0.25, 0.3) is 5.91 Å². The van der Waals surface area contributed by atoms with E-state index in [9.17, 15) is 4.79 Å². The van der Waals surface area contributed by atoms with Crippen molar-refractivity contribution in [3.8, 4) is 0 Å². The molecule has 3 saturated heterocycles. The highest BCUT2D eigenvalue weighted by atomic mass is 16.5. The van der Waals surface area contributed by atoms with Crippen molar-refractivity contribution in [3.05, 3.63) is 64.7 Å². The van der Waals surface area contributed by atoms with Crippen molar-refractivity contribution in [3.63, 3.8) is 0 Å². The van der Waals surface area contributed by atoms with E-state index in [1.54, 1.807) is 0 Å². The van der Waals surface area contributed by atoms with E-state index < -0.39 is 0 Å². The van der Waals surface area contributed by atoms with E-state index in [4.69, 9.17) is 14.5 Å². The molecule has 6 nitrogen and oxygen atoms in total. The summed E-state index contributed by atoms with van der Waals surface area (Å²) in [6.07, 6.45) is 11.2. The smallest absolute Gasteiger partial charge is 0.251 e. The Labute approximate surface area is 238 Å². The average Bonchev–Trinajstić information content (AvgIpc) is 3.34. The van der Waals surface area contributed by atoms with Crippen molar-refractivity contribution >= 4 is 17.3 Å². The minimum absolute atomic E-state index is 0.0179. The number of morpholine rings is 1. The number of carbonyl (C=O) groups is 1. The highest BCUT2D eigenvalue weighted by molar-refractivity contribution is 6.22. The maximum Gasteiger partial charge on any atom is 0.251 e. The third kappa shape index (κ3) is 5.26. The first-order valence-electron chi connectivity index (χ1n) is 15.7. The Morgan fingerprint density at radius 3 is 2.62 bits per heavy atom. The van der Waals surface area contributed by atoms with Crippen LogP contribution in [-0.2, 0) is 15.9 Å².